The SMILES string of the molecule is COc1cccc(C(C)C(=O)N2CCNC[C@H]2C)c1.Cl. The van der Waals surface area contributed by atoms with Crippen molar-refractivity contribution in [3.63, 3.8) is 0 Å². The van der Waals surface area contributed by atoms with Crippen LogP contribution in [0.2, 0.25) is 0 Å². The molecule has 0 aliphatic carbocycles. The van der Waals surface area contributed by atoms with E-state index in [1.165, 1.54) is 0 Å². The quantitative estimate of drug-likeness (QED) is 0.928. The van der Waals surface area contributed by atoms with Crippen molar-refractivity contribution >= 4 is 18.3 Å². The topological polar surface area (TPSA) is 41.6 Å². The first-order valence-corrected chi connectivity index (χ1v) is 6.78. The van der Waals surface area contributed by atoms with E-state index in [-0.39, 0.29) is 30.3 Å². The zero-order valence-electron chi connectivity index (χ0n) is 12.3. The summed E-state index contributed by atoms with van der Waals surface area (Å²) in [5.41, 5.74) is 1.01. The molecule has 20 heavy (non-hydrogen) atoms. The fourth-order valence-corrected chi connectivity index (χ4v) is 2.47. The molecule has 0 radical (unpaired) electrons. The van der Waals surface area contributed by atoms with Gasteiger partial charge in [-0.25, -0.2) is 0 Å². The van der Waals surface area contributed by atoms with Crippen LogP contribution in [0, 0.1) is 0 Å². The summed E-state index contributed by atoms with van der Waals surface area (Å²) < 4.78 is 5.22. The fourth-order valence-electron chi connectivity index (χ4n) is 2.47. The fraction of sp³-hybridized carbons (Fsp3) is 0.533. The van der Waals surface area contributed by atoms with Gasteiger partial charge in [-0.2, -0.15) is 0 Å². The molecular formula is C15H23ClN2O2. The van der Waals surface area contributed by atoms with Gasteiger partial charge in [-0.15, -0.1) is 12.4 Å². The van der Waals surface area contributed by atoms with Gasteiger partial charge in [0.05, 0.1) is 13.0 Å². The molecule has 1 aromatic carbocycles. The number of piperazine rings is 1. The summed E-state index contributed by atoms with van der Waals surface area (Å²) in [5.74, 6) is 0.864. The second-order valence-corrected chi connectivity index (χ2v) is 5.08. The predicted molar refractivity (Wildman–Crippen MR) is 82.7 cm³/mol. The van der Waals surface area contributed by atoms with Crippen LogP contribution >= 0.6 is 12.4 Å². The normalized spacial score (nSPS) is 19.9. The molecule has 0 bridgehead atoms. The predicted octanol–water partition coefficient (Wildman–Crippen LogP) is 2.04. The largest absolute Gasteiger partial charge is 0.497 e. The molecule has 2 atom stereocenters. The van der Waals surface area contributed by atoms with E-state index in [1.54, 1.807) is 7.11 Å². The van der Waals surface area contributed by atoms with Gasteiger partial charge < -0.3 is 15.0 Å². The lowest BCUT2D eigenvalue weighted by Gasteiger charge is -2.35. The summed E-state index contributed by atoms with van der Waals surface area (Å²) >= 11 is 0. The molecule has 1 aliphatic rings. The molecule has 0 saturated carbocycles. The van der Waals surface area contributed by atoms with Crippen LogP contribution in [-0.4, -0.2) is 43.6 Å². The second-order valence-electron chi connectivity index (χ2n) is 5.08. The molecule has 4 nitrogen and oxygen atoms in total. The summed E-state index contributed by atoms with van der Waals surface area (Å²) in [5, 5.41) is 3.30. The maximum atomic E-state index is 12.6. The highest BCUT2D eigenvalue weighted by Gasteiger charge is 2.27. The van der Waals surface area contributed by atoms with Gasteiger partial charge >= 0.3 is 0 Å². The Morgan fingerprint density at radius 3 is 2.90 bits per heavy atom. The van der Waals surface area contributed by atoms with E-state index in [9.17, 15) is 4.79 Å². The van der Waals surface area contributed by atoms with Crippen molar-refractivity contribution in [2.24, 2.45) is 0 Å². The second kappa shape index (κ2) is 7.50. The van der Waals surface area contributed by atoms with Crippen molar-refractivity contribution in [1.29, 1.82) is 0 Å². The van der Waals surface area contributed by atoms with E-state index in [4.69, 9.17) is 4.74 Å². The van der Waals surface area contributed by atoms with Crippen molar-refractivity contribution in [2.45, 2.75) is 25.8 Å². The van der Waals surface area contributed by atoms with Gasteiger partial charge in [0, 0.05) is 25.7 Å². The third-order valence-corrected chi connectivity index (χ3v) is 3.75. The van der Waals surface area contributed by atoms with Crippen LogP contribution in [0.1, 0.15) is 25.3 Å². The van der Waals surface area contributed by atoms with Crippen LogP contribution in [-0.2, 0) is 4.79 Å². The van der Waals surface area contributed by atoms with Crippen molar-refractivity contribution < 1.29 is 9.53 Å². The Hall–Kier alpha value is -1.26. The first-order chi connectivity index (χ1) is 9.13. The van der Waals surface area contributed by atoms with E-state index >= 15 is 0 Å². The minimum atomic E-state index is -0.129. The summed E-state index contributed by atoms with van der Waals surface area (Å²) in [6.45, 7) is 6.58. The molecule has 0 aromatic heterocycles. The Balaban J connectivity index is 0.00000200. The van der Waals surface area contributed by atoms with E-state index in [0.717, 1.165) is 30.9 Å². The maximum Gasteiger partial charge on any atom is 0.230 e. The number of hydrogen-bond donors (Lipinski definition) is 1. The summed E-state index contributed by atoms with van der Waals surface area (Å²) in [6, 6.07) is 8.01. The lowest BCUT2D eigenvalue weighted by Crippen LogP contribution is -2.53. The number of methoxy groups -OCH3 is 1. The van der Waals surface area contributed by atoms with Crippen LogP contribution in [0.15, 0.2) is 24.3 Å². The summed E-state index contributed by atoms with van der Waals surface area (Å²) in [7, 11) is 1.64. The standard InChI is InChI=1S/C15H22N2O2.ClH/c1-11-10-16-7-8-17(11)15(18)12(2)13-5-4-6-14(9-13)19-3;/h4-6,9,11-12,16H,7-8,10H2,1-3H3;1H/t11-,12?;/m1./s1. The molecule has 1 unspecified atom stereocenters. The monoisotopic (exact) mass is 298 g/mol. The summed E-state index contributed by atoms with van der Waals surface area (Å²) in [6.07, 6.45) is 0. The van der Waals surface area contributed by atoms with Crippen LogP contribution in [0.25, 0.3) is 0 Å². The molecule has 2 rings (SSSR count). The lowest BCUT2D eigenvalue weighted by atomic mass is 9.98. The Morgan fingerprint density at radius 2 is 2.25 bits per heavy atom. The number of rotatable bonds is 3. The number of ether oxygens (including phenoxy) is 1. The van der Waals surface area contributed by atoms with Crippen molar-refractivity contribution in [3.05, 3.63) is 29.8 Å². The van der Waals surface area contributed by atoms with Crippen LogP contribution in [0.3, 0.4) is 0 Å². The highest BCUT2D eigenvalue weighted by molar-refractivity contribution is 5.85. The minimum absolute atomic E-state index is 0. The highest BCUT2D eigenvalue weighted by atomic mass is 35.5. The molecule has 1 N–H and O–H groups in total. The third kappa shape index (κ3) is 3.64. The molecule has 0 spiro atoms. The summed E-state index contributed by atoms with van der Waals surface area (Å²) in [4.78, 5) is 14.5. The number of hydrogen-bond acceptors (Lipinski definition) is 3. The number of carbonyl (C=O) groups is 1. The molecular weight excluding hydrogens is 276 g/mol. The van der Waals surface area contributed by atoms with Crippen molar-refractivity contribution in [3.8, 4) is 5.75 Å². The highest BCUT2D eigenvalue weighted by Crippen LogP contribution is 2.23. The molecule has 1 aromatic rings. The maximum absolute atomic E-state index is 12.6. The van der Waals surface area contributed by atoms with E-state index in [2.05, 4.69) is 12.2 Å². The first-order valence-electron chi connectivity index (χ1n) is 6.78. The number of nitrogens with zero attached hydrogens (tertiary/aromatic N) is 1. The number of nitrogens with one attached hydrogen (secondary N) is 1. The van der Waals surface area contributed by atoms with Gasteiger partial charge in [0.25, 0.3) is 0 Å². The molecule has 1 amide bonds. The average Bonchev–Trinajstić information content (AvgIpc) is 2.46. The number of amides is 1. The first kappa shape index (κ1) is 16.8. The Labute approximate surface area is 126 Å². The minimum Gasteiger partial charge on any atom is -0.497 e. The van der Waals surface area contributed by atoms with Crippen LogP contribution in [0.4, 0.5) is 0 Å². The zero-order chi connectivity index (χ0) is 13.8. The average molecular weight is 299 g/mol. The van der Waals surface area contributed by atoms with E-state index in [0.29, 0.717) is 0 Å². The lowest BCUT2D eigenvalue weighted by molar-refractivity contribution is -0.135. The van der Waals surface area contributed by atoms with Gasteiger partial charge in [0.1, 0.15) is 5.75 Å². The molecule has 1 fully saturated rings. The molecule has 1 aliphatic heterocycles. The Kier molecular flexibility index (Phi) is 6.30. The van der Waals surface area contributed by atoms with Gasteiger partial charge in [0.15, 0.2) is 0 Å². The smallest absolute Gasteiger partial charge is 0.230 e. The van der Waals surface area contributed by atoms with E-state index < -0.39 is 0 Å². The van der Waals surface area contributed by atoms with Gasteiger partial charge in [0.2, 0.25) is 5.91 Å². The number of carbonyl (C=O) groups excluding carboxylic acids is 1. The van der Waals surface area contributed by atoms with Crippen molar-refractivity contribution in [2.75, 3.05) is 26.7 Å². The van der Waals surface area contributed by atoms with Gasteiger partial charge in [-0.05, 0) is 31.5 Å². The van der Waals surface area contributed by atoms with E-state index in [1.807, 2.05) is 36.1 Å². The van der Waals surface area contributed by atoms with Gasteiger partial charge in [-0.1, -0.05) is 12.1 Å². The third-order valence-electron chi connectivity index (χ3n) is 3.75. The van der Waals surface area contributed by atoms with Crippen LogP contribution in [0.5, 0.6) is 5.75 Å². The van der Waals surface area contributed by atoms with Gasteiger partial charge in [-0.3, -0.25) is 4.79 Å². The zero-order valence-corrected chi connectivity index (χ0v) is 13.1. The van der Waals surface area contributed by atoms with Crippen LogP contribution < -0.4 is 10.1 Å². The number of benzene rings is 1. The molecule has 1 heterocycles. The Morgan fingerprint density at radius 1 is 1.50 bits per heavy atom. The molecule has 112 valence electrons. The number of halogens is 1. The molecule has 5 heteroatoms. The molecule has 1 saturated heterocycles. The van der Waals surface area contributed by atoms with Crippen molar-refractivity contribution in [1.82, 2.24) is 10.2 Å². The Bertz CT molecular complexity index is 453.